The van der Waals surface area contributed by atoms with Crippen LogP contribution < -0.4 is 5.32 Å². The molecule has 1 unspecified atom stereocenters. The first-order valence-corrected chi connectivity index (χ1v) is 8.98. The number of unbranched alkanes of at least 4 members (excludes halogenated alkanes) is 5. The minimum atomic E-state index is 0.319. The van der Waals surface area contributed by atoms with E-state index in [1.807, 2.05) is 0 Å². The summed E-state index contributed by atoms with van der Waals surface area (Å²) in [5.41, 5.74) is 0. The van der Waals surface area contributed by atoms with E-state index in [9.17, 15) is 0 Å². The van der Waals surface area contributed by atoms with Crippen LogP contribution in [0.2, 0.25) is 0 Å². The van der Waals surface area contributed by atoms with Crippen molar-refractivity contribution in [2.24, 2.45) is 0 Å². The molecule has 1 N–H and O–H groups in total. The normalized spacial score (nSPS) is 16.5. The van der Waals surface area contributed by atoms with Crippen LogP contribution in [-0.4, -0.2) is 21.3 Å². The van der Waals surface area contributed by atoms with E-state index in [4.69, 9.17) is 0 Å². The standard InChI is InChI=1S/C17H32N4/c1-3-4-5-6-7-10-13-18-15(2)17-20-19-16-12-9-8-11-14-21(16)17/h15,18H,3-14H2,1-2H3. The number of hydrogen-bond acceptors (Lipinski definition) is 3. The lowest BCUT2D eigenvalue weighted by Crippen LogP contribution is -2.23. The quantitative estimate of drug-likeness (QED) is 0.699. The molecular weight excluding hydrogens is 260 g/mol. The van der Waals surface area contributed by atoms with Gasteiger partial charge in [0.05, 0.1) is 6.04 Å². The molecule has 1 aromatic rings. The van der Waals surface area contributed by atoms with Crippen LogP contribution in [0.15, 0.2) is 0 Å². The summed E-state index contributed by atoms with van der Waals surface area (Å²) >= 11 is 0. The van der Waals surface area contributed by atoms with Gasteiger partial charge in [0, 0.05) is 13.0 Å². The Hall–Kier alpha value is -0.900. The van der Waals surface area contributed by atoms with Gasteiger partial charge in [-0.3, -0.25) is 0 Å². The second-order valence-corrected chi connectivity index (χ2v) is 6.38. The van der Waals surface area contributed by atoms with E-state index >= 15 is 0 Å². The van der Waals surface area contributed by atoms with Gasteiger partial charge in [0.2, 0.25) is 0 Å². The van der Waals surface area contributed by atoms with E-state index in [1.165, 1.54) is 63.6 Å². The molecule has 0 radical (unpaired) electrons. The molecular formula is C17H32N4. The summed E-state index contributed by atoms with van der Waals surface area (Å²) in [5.74, 6) is 2.33. The van der Waals surface area contributed by atoms with Crippen molar-refractivity contribution >= 4 is 0 Å². The summed E-state index contributed by atoms with van der Waals surface area (Å²) < 4.78 is 2.35. The minimum Gasteiger partial charge on any atom is -0.314 e. The topological polar surface area (TPSA) is 42.7 Å². The fourth-order valence-corrected chi connectivity index (χ4v) is 3.14. The molecule has 0 saturated heterocycles. The molecule has 1 atom stereocenters. The molecule has 1 aliphatic rings. The molecule has 0 fully saturated rings. The van der Waals surface area contributed by atoms with Crippen LogP contribution in [-0.2, 0) is 13.0 Å². The predicted molar refractivity (Wildman–Crippen MR) is 87.4 cm³/mol. The highest BCUT2D eigenvalue weighted by Gasteiger charge is 2.18. The minimum absolute atomic E-state index is 0.319. The molecule has 0 spiro atoms. The van der Waals surface area contributed by atoms with Crippen LogP contribution in [0.5, 0.6) is 0 Å². The van der Waals surface area contributed by atoms with E-state index < -0.39 is 0 Å². The Balaban J connectivity index is 1.71. The van der Waals surface area contributed by atoms with Gasteiger partial charge < -0.3 is 9.88 Å². The first kappa shape index (κ1) is 16.5. The molecule has 120 valence electrons. The lowest BCUT2D eigenvalue weighted by Gasteiger charge is -2.15. The average molecular weight is 292 g/mol. The summed E-state index contributed by atoms with van der Waals surface area (Å²) in [6.45, 7) is 6.68. The fourth-order valence-electron chi connectivity index (χ4n) is 3.14. The zero-order valence-electron chi connectivity index (χ0n) is 13.9. The van der Waals surface area contributed by atoms with E-state index in [1.54, 1.807) is 0 Å². The Labute approximate surface area is 129 Å². The largest absolute Gasteiger partial charge is 0.314 e. The molecule has 2 heterocycles. The second kappa shape index (κ2) is 9.19. The number of hydrogen-bond donors (Lipinski definition) is 1. The zero-order chi connectivity index (χ0) is 14.9. The van der Waals surface area contributed by atoms with Crippen LogP contribution in [0.25, 0.3) is 0 Å². The maximum Gasteiger partial charge on any atom is 0.149 e. The number of fused-ring (bicyclic) bond motifs is 1. The van der Waals surface area contributed by atoms with Gasteiger partial charge in [-0.05, 0) is 32.7 Å². The molecule has 0 aromatic carbocycles. The van der Waals surface area contributed by atoms with Crippen LogP contribution in [0.1, 0.15) is 89.3 Å². The third-order valence-corrected chi connectivity index (χ3v) is 4.51. The summed E-state index contributed by atoms with van der Waals surface area (Å²) in [4.78, 5) is 0. The molecule has 21 heavy (non-hydrogen) atoms. The Morgan fingerprint density at radius 3 is 2.71 bits per heavy atom. The lowest BCUT2D eigenvalue weighted by molar-refractivity contribution is 0.485. The Morgan fingerprint density at radius 1 is 1.05 bits per heavy atom. The lowest BCUT2D eigenvalue weighted by atomic mass is 10.1. The Kier molecular flexibility index (Phi) is 7.20. The third kappa shape index (κ3) is 5.10. The molecule has 0 amide bonds. The van der Waals surface area contributed by atoms with Crippen LogP contribution in [0.4, 0.5) is 0 Å². The SMILES string of the molecule is CCCCCCCCNC(C)c1nnc2n1CCCCC2. The van der Waals surface area contributed by atoms with Crippen molar-refractivity contribution in [3.63, 3.8) is 0 Å². The van der Waals surface area contributed by atoms with E-state index in [0.29, 0.717) is 6.04 Å². The first-order chi connectivity index (χ1) is 10.3. The van der Waals surface area contributed by atoms with Crippen molar-refractivity contribution in [3.05, 3.63) is 11.6 Å². The Bertz CT molecular complexity index is 399. The molecule has 0 bridgehead atoms. The van der Waals surface area contributed by atoms with Crippen molar-refractivity contribution in [3.8, 4) is 0 Å². The molecule has 4 heteroatoms. The van der Waals surface area contributed by atoms with Gasteiger partial charge in [-0.2, -0.15) is 0 Å². The summed E-state index contributed by atoms with van der Waals surface area (Å²) in [6, 6.07) is 0.319. The van der Waals surface area contributed by atoms with Crippen molar-refractivity contribution in [2.45, 2.75) is 90.6 Å². The van der Waals surface area contributed by atoms with Crippen LogP contribution >= 0.6 is 0 Å². The maximum atomic E-state index is 4.43. The molecule has 1 aliphatic heterocycles. The van der Waals surface area contributed by atoms with E-state index in [-0.39, 0.29) is 0 Å². The number of aromatic nitrogens is 3. The van der Waals surface area contributed by atoms with Crippen LogP contribution in [0.3, 0.4) is 0 Å². The number of nitrogens with zero attached hydrogens (tertiary/aromatic N) is 3. The summed E-state index contributed by atoms with van der Waals surface area (Å²) in [6.07, 6.45) is 13.0. The van der Waals surface area contributed by atoms with Gasteiger partial charge in [0.25, 0.3) is 0 Å². The number of nitrogens with one attached hydrogen (secondary N) is 1. The van der Waals surface area contributed by atoms with Gasteiger partial charge in [0.1, 0.15) is 11.6 Å². The van der Waals surface area contributed by atoms with Crippen molar-refractivity contribution in [1.29, 1.82) is 0 Å². The third-order valence-electron chi connectivity index (χ3n) is 4.51. The fraction of sp³-hybridized carbons (Fsp3) is 0.882. The number of aryl methyl sites for hydroxylation is 1. The second-order valence-electron chi connectivity index (χ2n) is 6.38. The van der Waals surface area contributed by atoms with Gasteiger partial charge in [-0.1, -0.05) is 45.4 Å². The summed E-state index contributed by atoms with van der Waals surface area (Å²) in [7, 11) is 0. The molecule has 2 rings (SSSR count). The van der Waals surface area contributed by atoms with Gasteiger partial charge in [0.15, 0.2) is 0 Å². The molecule has 4 nitrogen and oxygen atoms in total. The van der Waals surface area contributed by atoms with Crippen molar-refractivity contribution in [2.75, 3.05) is 6.54 Å². The predicted octanol–water partition coefficient (Wildman–Crippen LogP) is 4.02. The number of rotatable bonds is 9. The van der Waals surface area contributed by atoms with Gasteiger partial charge in [-0.15, -0.1) is 10.2 Å². The van der Waals surface area contributed by atoms with E-state index in [0.717, 1.165) is 25.3 Å². The van der Waals surface area contributed by atoms with Crippen LogP contribution in [0, 0.1) is 0 Å². The molecule has 0 aliphatic carbocycles. The smallest absolute Gasteiger partial charge is 0.149 e. The van der Waals surface area contributed by atoms with Crippen molar-refractivity contribution < 1.29 is 0 Å². The first-order valence-electron chi connectivity index (χ1n) is 8.98. The summed E-state index contributed by atoms with van der Waals surface area (Å²) in [5, 5.41) is 12.4. The van der Waals surface area contributed by atoms with Crippen molar-refractivity contribution in [1.82, 2.24) is 20.1 Å². The maximum absolute atomic E-state index is 4.43. The molecule has 0 saturated carbocycles. The average Bonchev–Trinajstić information content (AvgIpc) is 2.75. The zero-order valence-corrected chi connectivity index (χ0v) is 13.9. The highest BCUT2D eigenvalue weighted by molar-refractivity contribution is 5.01. The monoisotopic (exact) mass is 292 g/mol. The van der Waals surface area contributed by atoms with E-state index in [2.05, 4.69) is 33.9 Å². The highest BCUT2D eigenvalue weighted by atomic mass is 15.3. The van der Waals surface area contributed by atoms with Gasteiger partial charge >= 0.3 is 0 Å². The van der Waals surface area contributed by atoms with Gasteiger partial charge in [-0.25, -0.2) is 0 Å². The molecule has 1 aromatic heterocycles. The highest BCUT2D eigenvalue weighted by Crippen LogP contribution is 2.18. The Morgan fingerprint density at radius 2 is 1.86 bits per heavy atom.